The summed E-state index contributed by atoms with van der Waals surface area (Å²) >= 11 is 6.80. The predicted octanol–water partition coefficient (Wildman–Crippen LogP) is 5.89. The van der Waals surface area contributed by atoms with Crippen LogP contribution < -0.4 is 21.6 Å². The maximum Gasteiger partial charge on any atom is 0.103 e. The zero-order valence-corrected chi connectivity index (χ0v) is 23.5. The number of benzene rings is 2. The highest BCUT2D eigenvalue weighted by molar-refractivity contribution is 6.35. The lowest BCUT2D eigenvalue weighted by Crippen LogP contribution is -2.38. The third-order valence-corrected chi connectivity index (χ3v) is 7.30. The van der Waals surface area contributed by atoms with Crippen molar-refractivity contribution in [2.45, 2.75) is 45.7 Å². The molecule has 1 atom stereocenters. The Hall–Kier alpha value is -4.26. The Labute approximate surface area is 238 Å². The van der Waals surface area contributed by atoms with Gasteiger partial charge in [-0.1, -0.05) is 44.5 Å². The van der Waals surface area contributed by atoms with Gasteiger partial charge in [0.05, 0.1) is 39.9 Å². The number of pyridine rings is 1. The molecule has 10 heteroatoms. The number of halogens is 1. The van der Waals surface area contributed by atoms with Crippen LogP contribution in [0.3, 0.4) is 0 Å². The van der Waals surface area contributed by atoms with E-state index in [2.05, 4.69) is 87.8 Å². The first-order valence-corrected chi connectivity index (χ1v) is 13.8. The number of aromatic nitrogens is 3. The van der Waals surface area contributed by atoms with E-state index in [-0.39, 0.29) is 11.5 Å². The molecule has 0 radical (unpaired) electrons. The molecule has 2 aliphatic rings. The van der Waals surface area contributed by atoms with Gasteiger partial charge in [-0.2, -0.15) is 5.26 Å². The summed E-state index contributed by atoms with van der Waals surface area (Å²) in [6, 6.07) is 14.9. The minimum absolute atomic E-state index is 0.0222. The molecule has 204 valence electrons. The van der Waals surface area contributed by atoms with E-state index in [1.165, 1.54) is 12.8 Å². The number of rotatable bonds is 8. The number of nitrogens with zero attached hydrogens (tertiary/aromatic N) is 5. The quantitative estimate of drug-likeness (QED) is 0.214. The van der Waals surface area contributed by atoms with E-state index in [0.717, 1.165) is 33.7 Å². The molecule has 1 aliphatic heterocycles. The van der Waals surface area contributed by atoms with Crippen LogP contribution in [0.1, 0.15) is 50.8 Å². The molecule has 0 saturated heterocycles. The summed E-state index contributed by atoms with van der Waals surface area (Å²) in [6.45, 7) is 7.15. The highest BCUT2D eigenvalue weighted by Gasteiger charge is 2.32. The number of hydrogen-bond donors (Lipinski definition) is 4. The minimum atomic E-state index is -0.216. The number of hydrogen-bond acceptors (Lipinski definition) is 8. The maximum atomic E-state index is 9.85. The average molecular weight is 554 g/mol. The summed E-state index contributed by atoms with van der Waals surface area (Å²) in [5.41, 5.74) is 12.5. The van der Waals surface area contributed by atoms with Gasteiger partial charge in [-0.05, 0) is 48.1 Å². The summed E-state index contributed by atoms with van der Waals surface area (Å²) < 4.78 is 1.99. The lowest BCUT2D eigenvalue weighted by atomic mass is 9.96. The number of imidazole rings is 1. The highest BCUT2D eigenvalue weighted by atomic mass is 35.5. The average Bonchev–Trinajstić information content (AvgIpc) is 3.41. The lowest BCUT2D eigenvalue weighted by Gasteiger charge is -2.24. The van der Waals surface area contributed by atoms with Gasteiger partial charge < -0.3 is 20.6 Å². The second-order valence-corrected chi connectivity index (χ2v) is 11.9. The maximum absolute atomic E-state index is 9.85. The van der Waals surface area contributed by atoms with Crippen molar-refractivity contribution in [3.05, 3.63) is 89.4 Å². The molecule has 9 nitrogen and oxygen atoms in total. The molecule has 0 bridgehead atoms. The first kappa shape index (κ1) is 26.0. The Morgan fingerprint density at radius 1 is 1.23 bits per heavy atom. The molecule has 1 saturated carbocycles. The standard InChI is InChI=1S/C30H32ClN9/c1-30(2,3)17-35-27-20(14-32)15-34-29-24(27)12-21(13-25(29)31)36-28(26-16-40(38-37-26)22-7-8-22)19-5-4-6-23(11-19)39-10-9-33-18-39/h4-6,9-13,15-16,18,22,28,36-38H,7-8,17H2,1-3H3,(H,34,35)/t28-/m0/s1. The molecule has 3 heterocycles. The third kappa shape index (κ3) is 5.41. The van der Waals surface area contributed by atoms with Crippen LogP contribution in [-0.4, -0.2) is 32.1 Å². The van der Waals surface area contributed by atoms with E-state index in [1.807, 2.05) is 29.0 Å². The van der Waals surface area contributed by atoms with Crippen molar-refractivity contribution in [1.29, 1.82) is 5.26 Å². The van der Waals surface area contributed by atoms with Crippen molar-refractivity contribution in [2.24, 2.45) is 5.41 Å². The highest BCUT2D eigenvalue weighted by Crippen LogP contribution is 2.37. The predicted molar refractivity (Wildman–Crippen MR) is 159 cm³/mol. The molecule has 0 amide bonds. The minimum Gasteiger partial charge on any atom is -0.383 e. The van der Waals surface area contributed by atoms with Crippen molar-refractivity contribution < 1.29 is 0 Å². The Bertz CT molecular complexity index is 1610. The molecule has 1 aliphatic carbocycles. The van der Waals surface area contributed by atoms with E-state index >= 15 is 0 Å². The van der Waals surface area contributed by atoms with Crippen LogP contribution >= 0.6 is 11.6 Å². The normalized spacial score (nSPS) is 15.9. The Morgan fingerprint density at radius 2 is 2.08 bits per heavy atom. The Balaban J connectivity index is 1.42. The fraction of sp³-hybridized carbons (Fsp3) is 0.300. The smallest absolute Gasteiger partial charge is 0.103 e. The molecule has 2 aromatic carbocycles. The van der Waals surface area contributed by atoms with Crippen LogP contribution in [0, 0.1) is 16.7 Å². The summed E-state index contributed by atoms with van der Waals surface area (Å²) in [5.74, 6) is 0. The number of anilines is 2. The van der Waals surface area contributed by atoms with Crippen molar-refractivity contribution in [1.82, 2.24) is 30.5 Å². The number of nitrogens with one attached hydrogen (secondary N) is 4. The molecule has 0 unspecified atom stereocenters. The second-order valence-electron chi connectivity index (χ2n) is 11.5. The molecule has 6 rings (SSSR count). The van der Waals surface area contributed by atoms with Crippen molar-refractivity contribution in [3.8, 4) is 11.8 Å². The summed E-state index contributed by atoms with van der Waals surface area (Å²) in [6.07, 6.45) is 11.6. The molecular weight excluding hydrogens is 522 g/mol. The number of fused-ring (bicyclic) bond motifs is 1. The fourth-order valence-electron chi connectivity index (χ4n) is 4.80. The summed E-state index contributed by atoms with van der Waals surface area (Å²) in [4.78, 5) is 8.72. The van der Waals surface area contributed by atoms with E-state index < -0.39 is 0 Å². The lowest BCUT2D eigenvalue weighted by molar-refractivity contribution is 0.260. The zero-order valence-electron chi connectivity index (χ0n) is 22.7. The van der Waals surface area contributed by atoms with E-state index in [9.17, 15) is 5.26 Å². The van der Waals surface area contributed by atoms with Gasteiger partial charge in [0.1, 0.15) is 6.07 Å². The van der Waals surface area contributed by atoms with Gasteiger partial charge in [0.2, 0.25) is 0 Å². The van der Waals surface area contributed by atoms with Gasteiger partial charge in [0, 0.05) is 54.1 Å². The Morgan fingerprint density at radius 3 is 2.80 bits per heavy atom. The molecular formula is C30H32ClN9. The first-order chi connectivity index (χ1) is 19.3. The van der Waals surface area contributed by atoms with Crippen LogP contribution in [0.25, 0.3) is 16.6 Å². The first-order valence-electron chi connectivity index (χ1n) is 13.4. The molecule has 2 aromatic heterocycles. The van der Waals surface area contributed by atoms with Crippen LogP contribution in [-0.2, 0) is 0 Å². The molecule has 1 fully saturated rings. The fourth-order valence-corrected chi connectivity index (χ4v) is 5.06. The third-order valence-electron chi connectivity index (χ3n) is 7.02. The number of hydrazine groups is 2. The summed E-state index contributed by atoms with van der Waals surface area (Å²) in [7, 11) is 0. The van der Waals surface area contributed by atoms with Gasteiger partial charge in [-0.25, -0.2) is 4.98 Å². The molecule has 40 heavy (non-hydrogen) atoms. The second kappa shape index (κ2) is 10.4. The molecule has 0 spiro atoms. The zero-order chi connectivity index (χ0) is 27.9. The van der Waals surface area contributed by atoms with Gasteiger partial charge in [-0.3, -0.25) is 9.99 Å². The Kier molecular flexibility index (Phi) is 6.74. The SMILES string of the molecule is CC(C)(C)CNc1c(C#N)cnc2c(Cl)cc(N[C@H](C3=CN(C4CC4)NN3)c3cccc(-n4ccnc4)c3)cc12. The topological polar surface area (TPSA) is 106 Å². The molecule has 4 N–H and O–H groups in total. The van der Waals surface area contributed by atoms with Crippen LogP contribution in [0.15, 0.2) is 73.2 Å². The van der Waals surface area contributed by atoms with Crippen molar-refractivity contribution in [2.75, 3.05) is 17.2 Å². The largest absolute Gasteiger partial charge is 0.383 e. The van der Waals surface area contributed by atoms with E-state index in [0.29, 0.717) is 28.7 Å². The van der Waals surface area contributed by atoms with Crippen LogP contribution in [0.4, 0.5) is 11.4 Å². The monoisotopic (exact) mass is 553 g/mol. The number of nitriles is 1. The molecule has 4 aromatic rings. The van der Waals surface area contributed by atoms with Crippen LogP contribution in [0.5, 0.6) is 0 Å². The van der Waals surface area contributed by atoms with Crippen molar-refractivity contribution in [3.63, 3.8) is 0 Å². The van der Waals surface area contributed by atoms with Gasteiger partial charge >= 0.3 is 0 Å². The van der Waals surface area contributed by atoms with E-state index in [1.54, 1.807) is 18.7 Å². The van der Waals surface area contributed by atoms with Crippen molar-refractivity contribution >= 4 is 33.9 Å². The summed E-state index contributed by atoms with van der Waals surface area (Å²) in [5, 5.41) is 20.5. The van der Waals surface area contributed by atoms with E-state index in [4.69, 9.17) is 11.6 Å². The van der Waals surface area contributed by atoms with Gasteiger partial charge in [0.15, 0.2) is 0 Å². The van der Waals surface area contributed by atoms with Crippen LogP contribution in [0.2, 0.25) is 5.02 Å². The van der Waals surface area contributed by atoms with Gasteiger partial charge in [-0.15, -0.1) is 5.53 Å². The van der Waals surface area contributed by atoms with Gasteiger partial charge in [0.25, 0.3) is 0 Å².